The monoisotopic (exact) mass is 317 g/mol. The van der Waals surface area contributed by atoms with Crippen LogP contribution in [0.3, 0.4) is 0 Å². The van der Waals surface area contributed by atoms with Gasteiger partial charge in [0.2, 0.25) is 0 Å². The number of carbonyl (C=O) groups is 1. The summed E-state index contributed by atoms with van der Waals surface area (Å²) < 4.78 is 5.95. The number of ether oxygens (including phenoxy) is 1. The third-order valence-corrected chi connectivity index (χ3v) is 4.67. The minimum absolute atomic E-state index is 0.00846. The lowest BCUT2D eigenvalue weighted by Crippen LogP contribution is -2.42. The molecule has 0 bridgehead atoms. The fourth-order valence-corrected chi connectivity index (χ4v) is 3.23. The topological polar surface area (TPSA) is 38.3 Å². The summed E-state index contributed by atoms with van der Waals surface area (Å²) in [6, 6.07) is 8.31. The van der Waals surface area contributed by atoms with Crippen LogP contribution in [-0.4, -0.2) is 18.1 Å². The molecular formula is C20H31NO2. The fraction of sp³-hybridized carbons (Fsp3) is 0.650. The first-order valence-electron chi connectivity index (χ1n) is 9.14. The molecule has 0 aliphatic heterocycles. The maximum atomic E-state index is 12.5. The van der Waals surface area contributed by atoms with Crippen LogP contribution < -0.4 is 10.1 Å². The molecule has 0 spiro atoms. The second kappa shape index (κ2) is 8.95. The fourth-order valence-electron chi connectivity index (χ4n) is 3.23. The maximum Gasteiger partial charge on any atom is 0.260 e. The summed E-state index contributed by atoms with van der Waals surface area (Å²) >= 11 is 0. The number of rotatable bonds is 5. The zero-order valence-electron chi connectivity index (χ0n) is 14.8. The Morgan fingerprint density at radius 2 is 1.65 bits per heavy atom. The van der Waals surface area contributed by atoms with Crippen molar-refractivity contribution in [2.24, 2.45) is 0 Å². The standard InChI is InChI=1S/C20H31NO2/c1-15(2)18-13-9-10-14-19(18)23-16(3)20(22)21-17-11-7-5-4-6-8-12-17/h9-10,13-17H,4-8,11-12H2,1-3H3,(H,21,22)/t16-/m1/s1. The highest BCUT2D eigenvalue weighted by Crippen LogP contribution is 2.26. The minimum atomic E-state index is -0.458. The van der Waals surface area contributed by atoms with E-state index in [1.165, 1.54) is 32.1 Å². The molecule has 1 amide bonds. The summed E-state index contributed by atoms with van der Waals surface area (Å²) in [4.78, 5) is 12.5. The lowest BCUT2D eigenvalue weighted by Gasteiger charge is -2.24. The van der Waals surface area contributed by atoms with Crippen LogP contribution in [0.25, 0.3) is 0 Å². The van der Waals surface area contributed by atoms with E-state index in [2.05, 4.69) is 25.2 Å². The molecule has 0 saturated heterocycles. The highest BCUT2D eigenvalue weighted by molar-refractivity contribution is 5.81. The number of hydrogen-bond acceptors (Lipinski definition) is 2. The Balaban J connectivity index is 1.92. The van der Waals surface area contributed by atoms with Crippen LogP contribution in [-0.2, 0) is 4.79 Å². The molecule has 1 aromatic rings. The molecule has 2 rings (SSSR count). The van der Waals surface area contributed by atoms with E-state index in [1.807, 2.05) is 25.1 Å². The smallest absolute Gasteiger partial charge is 0.260 e. The number of amides is 1. The molecule has 0 aromatic heterocycles. The summed E-state index contributed by atoms with van der Waals surface area (Å²) in [5, 5.41) is 3.19. The van der Waals surface area contributed by atoms with Gasteiger partial charge in [-0.25, -0.2) is 0 Å². The van der Waals surface area contributed by atoms with Crippen LogP contribution in [0.5, 0.6) is 5.75 Å². The Hall–Kier alpha value is -1.51. The van der Waals surface area contributed by atoms with Crippen molar-refractivity contribution < 1.29 is 9.53 Å². The zero-order chi connectivity index (χ0) is 16.7. The van der Waals surface area contributed by atoms with E-state index < -0.39 is 6.10 Å². The van der Waals surface area contributed by atoms with Crippen LogP contribution in [0, 0.1) is 0 Å². The van der Waals surface area contributed by atoms with E-state index in [9.17, 15) is 4.79 Å². The van der Waals surface area contributed by atoms with Crippen molar-refractivity contribution in [2.75, 3.05) is 0 Å². The average Bonchev–Trinajstić information content (AvgIpc) is 2.50. The van der Waals surface area contributed by atoms with E-state index in [-0.39, 0.29) is 5.91 Å². The van der Waals surface area contributed by atoms with Crippen LogP contribution >= 0.6 is 0 Å². The van der Waals surface area contributed by atoms with Gasteiger partial charge in [-0.05, 0) is 37.3 Å². The van der Waals surface area contributed by atoms with Crippen molar-refractivity contribution in [2.45, 2.75) is 83.8 Å². The third kappa shape index (κ3) is 5.56. The Morgan fingerprint density at radius 3 is 2.30 bits per heavy atom. The van der Waals surface area contributed by atoms with Gasteiger partial charge >= 0.3 is 0 Å². The molecule has 1 saturated carbocycles. The highest BCUT2D eigenvalue weighted by atomic mass is 16.5. The number of carbonyl (C=O) groups excluding carboxylic acids is 1. The number of hydrogen-bond donors (Lipinski definition) is 1. The van der Waals surface area contributed by atoms with Crippen LogP contribution in [0.4, 0.5) is 0 Å². The van der Waals surface area contributed by atoms with Gasteiger partial charge in [0.25, 0.3) is 5.91 Å². The lowest BCUT2D eigenvalue weighted by atomic mass is 9.96. The van der Waals surface area contributed by atoms with Gasteiger partial charge in [-0.2, -0.15) is 0 Å². The highest BCUT2D eigenvalue weighted by Gasteiger charge is 2.20. The molecule has 3 nitrogen and oxygen atoms in total. The molecular weight excluding hydrogens is 286 g/mol. The van der Waals surface area contributed by atoms with Crippen LogP contribution in [0.2, 0.25) is 0 Å². The van der Waals surface area contributed by atoms with E-state index in [4.69, 9.17) is 4.74 Å². The van der Waals surface area contributed by atoms with Crippen molar-refractivity contribution in [3.05, 3.63) is 29.8 Å². The molecule has 1 atom stereocenters. The van der Waals surface area contributed by atoms with Gasteiger partial charge in [0, 0.05) is 6.04 Å². The summed E-state index contributed by atoms with van der Waals surface area (Å²) in [6.45, 7) is 6.12. The Labute approximate surface area is 140 Å². The molecule has 1 aliphatic rings. The summed E-state index contributed by atoms with van der Waals surface area (Å²) in [6.07, 6.45) is 8.10. The second-order valence-electron chi connectivity index (χ2n) is 7.00. The maximum absolute atomic E-state index is 12.5. The first-order valence-corrected chi connectivity index (χ1v) is 9.14. The molecule has 128 valence electrons. The number of para-hydroxylation sites is 1. The van der Waals surface area contributed by atoms with Gasteiger partial charge < -0.3 is 10.1 Å². The third-order valence-electron chi connectivity index (χ3n) is 4.67. The Bertz CT molecular complexity index is 490. The minimum Gasteiger partial charge on any atom is -0.481 e. The van der Waals surface area contributed by atoms with Crippen molar-refractivity contribution in [3.63, 3.8) is 0 Å². The summed E-state index contributed by atoms with van der Waals surface area (Å²) in [7, 11) is 0. The molecule has 0 unspecified atom stereocenters. The number of benzene rings is 1. The van der Waals surface area contributed by atoms with Crippen LogP contribution in [0.15, 0.2) is 24.3 Å². The molecule has 1 N–H and O–H groups in total. The van der Waals surface area contributed by atoms with E-state index in [1.54, 1.807) is 0 Å². The predicted molar refractivity (Wildman–Crippen MR) is 94.9 cm³/mol. The molecule has 1 aromatic carbocycles. The van der Waals surface area contributed by atoms with Gasteiger partial charge in [-0.3, -0.25) is 4.79 Å². The van der Waals surface area contributed by atoms with Crippen molar-refractivity contribution in [1.29, 1.82) is 0 Å². The van der Waals surface area contributed by atoms with Crippen molar-refractivity contribution >= 4 is 5.91 Å². The largest absolute Gasteiger partial charge is 0.481 e. The SMILES string of the molecule is CC(C)c1ccccc1O[C@H](C)C(=O)NC1CCCCCCC1. The van der Waals surface area contributed by atoms with Crippen LogP contribution in [0.1, 0.15) is 77.2 Å². The quantitative estimate of drug-likeness (QED) is 0.846. The average molecular weight is 317 g/mol. The predicted octanol–water partition coefficient (Wildman–Crippen LogP) is 4.81. The first kappa shape index (κ1) is 17.8. The van der Waals surface area contributed by atoms with Gasteiger partial charge in [0.1, 0.15) is 5.75 Å². The van der Waals surface area contributed by atoms with E-state index in [0.717, 1.165) is 24.2 Å². The van der Waals surface area contributed by atoms with Gasteiger partial charge in [-0.1, -0.05) is 64.2 Å². The first-order chi connectivity index (χ1) is 11.1. The van der Waals surface area contributed by atoms with Crippen molar-refractivity contribution in [3.8, 4) is 5.75 Å². The Morgan fingerprint density at radius 1 is 1.04 bits per heavy atom. The summed E-state index contributed by atoms with van der Waals surface area (Å²) in [5.41, 5.74) is 1.15. The van der Waals surface area contributed by atoms with Gasteiger partial charge in [0.05, 0.1) is 0 Å². The van der Waals surface area contributed by atoms with E-state index in [0.29, 0.717) is 12.0 Å². The molecule has 0 heterocycles. The van der Waals surface area contributed by atoms with E-state index >= 15 is 0 Å². The zero-order valence-corrected chi connectivity index (χ0v) is 14.8. The Kier molecular flexibility index (Phi) is 6.94. The normalized spacial score (nSPS) is 18.1. The number of nitrogens with one attached hydrogen (secondary N) is 1. The second-order valence-corrected chi connectivity index (χ2v) is 7.00. The molecule has 1 fully saturated rings. The molecule has 23 heavy (non-hydrogen) atoms. The summed E-state index contributed by atoms with van der Waals surface area (Å²) in [5.74, 6) is 1.21. The van der Waals surface area contributed by atoms with Gasteiger partial charge in [-0.15, -0.1) is 0 Å². The van der Waals surface area contributed by atoms with Crippen molar-refractivity contribution in [1.82, 2.24) is 5.32 Å². The van der Waals surface area contributed by atoms with Gasteiger partial charge in [0.15, 0.2) is 6.10 Å². The lowest BCUT2D eigenvalue weighted by molar-refractivity contribution is -0.128. The molecule has 1 aliphatic carbocycles. The molecule has 3 heteroatoms. The molecule has 0 radical (unpaired) electrons.